The van der Waals surface area contributed by atoms with Gasteiger partial charge >= 0.3 is 29.6 Å². The first-order valence-electron chi connectivity index (χ1n) is 10.8. The number of rotatable bonds is 11. The second-order valence-electron chi connectivity index (χ2n) is 8.91. The van der Waals surface area contributed by atoms with Crippen molar-refractivity contribution in [3.8, 4) is 5.75 Å². The summed E-state index contributed by atoms with van der Waals surface area (Å²) < 4.78 is 65.0. The Hall–Kier alpha value is -0.640. The van der Waals surface area contributed by atoms with E-state index >= 15 is 0 Å². The van der Waals surface area contributed by atoms with E-state index < -0.39 is 58.3 Å². The molecule has 11 nitrogen and oxygen atoms in total. The molecule has 1 aliphatic rings. The molecule has 0 radical (unpaired) electrons. The van der Waals surface area contributed by atoms with Gasteiger partial charge in [0.15, 0.2) is 22.4 Å². The molecule has 1 aromatic carbocycles. The average Bonchev–Trinajstić information content (AvgIpc) is 2.77. The fraction of sp³-hybridized carbons (Fsp3) is 0.682. The molecule has 1 unspecified atom stereocenters. The first kappa shape index (κ1) is 32.4. The Bertz CT molecular complexity index is 906. The fourth-order valence-corrected chi connectivity index (χ4v) is 4.30. The van der Waals surface area contributed by atoms with E-state index in [0.29, 0.717) is 11.3 Å². The molecule has 0 aliphatic carbocycles. The number of hydrogen-bond acceptors (Lipinski definition) is 10. The van der Waals surface area contributed by atoms with Crippen molar-refractivity contribution in [1.29, 1.82) is 0 Å². The number of ketones is 1. The van der Waals surface area contributed by atoms with Crippen molar-refractivity contribution < 1.29 is 76.1 Å². The largest absolute Gasteiger partial charge is 1.00 e. The number of hydrogen-bond donors (Lipinski definition) is 2. The van der Waals surface area contributed by atoms with Crippen molar-refractivity contribution in [1.82, 2.24) is 4.72 Å². The van der Waals surface area contributed by atoms with Crippen LogP contribution in [0.25, 0.3) is 0 Å². The van der Waals surface area contributed by atoms with Crippen LogP contribution in [0.1, 0.15) is 33.3 Å². The molecule has 1 fully saturated rings. The van der Waals surface area contributed by atoms with Crippen LogP contribution >= 0.6 is 0 Å². The van der Waals surface area contributed by atoms with Crippen LogP contribution in [0, 0.1) is 5.41 Å². The van der Waals surface area contributed by atoms with E-state index in [2.05, 4.69) is 0 Å². The van der Waals surface area contributed by atoms with E-state index in [1.165, 1.54) is 14.2 Å². The Labute approximate surface area is 229 Å². The average molecular weight is 528 g/mol. The molecule has 1 saturated heterocycles. The first-order valence-corrected chi connectivity index (χ1v) is 12.2. The Morgan fingerprint density at radius 1 is 1.17 bits per heavy atom. The summed E-state index contributed by atoms with van der Waals surface area (Å²) >= 11 is 0. The Morgan fingerprint density at radius 3 is 2.23 bits per heavy atom. The number of methoxy groups -OCH3 is 2. The fourth-order valence-electron chi connectivity index (χ4n) is 3.70. The standard InChI is InChI=1S/C22H35NO10S.Na/c1-7-31-18-15(23-34(26,27)28)17(32-12-13-8-10-14(29-5)11-9-13)19(33-21(18)30-6)16(24)20(25)22(2,3)4;/h8-11,15-19,21,23-24H,7,12H2,1-6H3,(H,26,27,28);/q;+1/p-1/t15-,16?,17+,18+,19-,21+;/m1./s1. The van der Waals surface area contributed by atoms with Gasteiger partial charge in [0.05, 0.1) is 19.8 Å². The molecule has 0 saturated carbocycles. The van der Waals surface area contributed by atoms with E-state index in [1.807, 2.05) is 4.72 Å². The van der Waals surface area contributed by atoms with Crippen LogP contribution in [0.15, 0.2) is 24.3 Å². The molecule has 1 aliphatic heterocycles. The number of aliphatic hydroxyl groups is 1. The van der Waals surface area contributed by atoms with Gasteiger partial charge in [0.25, 0.3) is 0 Å². The summed E-state index contributed by atoms with van der Waals surface area (Å²) in [5, 5.41) is 10.9. The first-order chi connectivity index (χ1) is 15.8. The SMILES string of the molecule is CCO[C@@H]1[C@@H](OC)O[C@H](C(O)C(=O)C(C)(C)C)[C@@H](OCc2ccc(OC)cc2)[C@H]1NS(=O)(=O)[O-].[Na+]. The Kier molecular flexibility index (Phi) is 12.7. The third-order valence-electron chi connectivity index (χ3n) is 5.38. The molecular weight excluding hydrogens is 493 g/mol. The summed E-state index contributed by atoms with van der Waals surface area (Å²) in [6.45, 7) is 6.66. The molecule has 6 atom stereocenters. The molecule has 0 amide bonds. The topological polar surface area (TPSA) is 153 Å². The number of aliphatic hydroxyl groups excluding tert-OH is 1. The zero-order valence-electron chi connectivity index (χ0n) is 21.2. The summed E-state index contributed by atoms with van der Waals surface area (Å²) in [5.74, 6) is 0.0779. The van der Waals surface area contributed by atoms with Gasteiger partial charge in [-0.3, -0.25) is 4.79 Å². The molecule has 1 aromatic rings. The minimum atomic E-state index is -4.98. The molecule has 35 heavy (non-hydrogen) atoms. The molecule has 13 heteroatoms. The third kappa shape index (κ3) is 9.00. The predicted octanol–water partition coefficient (Wildman–Crippen LogP) is -2.24. The minimum absolute atomic E-state index is 0. The van der Waals surface area contributed by atoms with E-state index in [1.54, 1.807) is 52.0 Å². The van der Waals surface area contributed by atoms with Gasteiger partial charge in [-0.1, -0.05) is 32.9 Å². The van der Waals surface area contributed by atoms with Crippen molar-refractivity contribution in [3.05, 3.63) is 29.8 Å². The second kappa shape index (κ2) is 13.8. The Balaban J connectivity index is 0.00000612. The quantitative estimate of drug-likeness (QED) is 0.239. The maximum Gasteiger partial charge on any atom is 1.00 e. The maximum absolute atomic E-state index is 12.9. The summed E-state index contributed by atoms with van der Waals surface area (Å²) in [5.41, 5.74) is -0.238. The molecule has 194 valence electrons. The molecule has 1 heterocycles. The maximum atomic E-state index is 12.9. The van der Waals surface area contributed by atoms with Crippen LogP contribution < -0.4 is 39.0 Å². The molecule has 0 aromatic heterocycles. The minimum Gasteiger partial charge on any atom is -0.735 e. The van der Waals surface area contributed by atoms with Gasteiger partial charge in [-0.2, -0.15) is 0 Å². The summed E-state index contributed by atoms with van der Waals surface area (Å²) in [7, 11) is -2.15. The van der Waals surface area contributed by atoms with Gasteiger partial charge in [-0.05, 0) is 24.6 Å². The van der Waals surface area contributed by atoms with Crippen LogP contribution in [-0.2, 0) is 40.7 Å². The van der Waals surface area contributed by atoms with Crippen LogP contribution in [0.2, 0.25) is 0 Å². The van der Waals surface area contributed by atoms with E-state index in [4.69, 9.17) is 23.7 Å². The number of nitrogens with one attached hydrogen (secondary N) is 1. The third-order valence-corrected chi connectivity index (χ3v) is 5.94. The van der Waals surface area contributed by atoms with Gasteiger partial charge in [0.1, 0.15) is 30.2 Å². The number of Topliss-reactive ketones (excluding diaryl/α,β-unsaturated/α-hetero) is 1. The number of benzene rings is 1. The number of carbonyl (C=O) groups is 1. The van der Waals surface area contributed by atoms with Crippen LogP contribution in [-0.4, -0.2) is 81.4 Å². The predicted molar refractivity (Wildman–Crippen MR) is 120 cm³/mol. The van der Waals surface area contributed by atoms with Crippen molar-refractivity contribution in [2.45, 2.75) is 71.0 Å². The van der Waals surface area contributed by atoms with E-state index in [0.717, 1.165) is 0 Å². The van der Waals surface area contributed by atoms with E-state index in [-0.39, 0.29) is 42.8 Å². The second-order valence-corrected chi connectivity index (χ2v) is 10.0. The van der Waals surface area contributed by atoms with Crippen molar-refractivity contribution in [2.24, 2.45) is 5.41 Å². The van der Waals surface area contributed by atoms with Crippen LogP contribution in [0.3, 0.4) is 0 Å². The molecule has 2 N–H and O–H groups in total. The van der Waals surface area contributed by atoms with Crippen LogP contribution in [0.5, 0.6) is 5.75 Å². The summed E-state index contributed by atoms with van der Waals surface area (Å²) in [6, 6.07) is 5.59. The monoisotopic (exact) mass is 527 g/mol. The van der Waals surface area contributed by atoms with Gasteiger partial charge in [0.2, 0.25) is 0 Å². The zero-order valence-corrected chi connectivity index (χ0v) is 24.0. The van der Waals surface area contributed by atoms with Gasteiger partial charge in [0, 0.05) is 19.1 Å². The van der Waals surface area contributed by atoms with Crippen LogP contribution in [0.4, 0.5) is 0 Å². The van der Waals surface area contributed by atoms with E-state index in [9.17, 15) is 22.9 Å². The smallest absolute Gasteiger partial charge is 0.735 e. The van der Waals surface area contributed by atoms with Crippen molar-refractivity contribution >= 4 is 16.1 Å². The normalized spacial score (nSPS) is 26.0. The van der Waals surface area contributed by atoms with Crippen molar-refractivity contribution in [3.63, 3.8) is 0 Å². The molecule has 2 rings (SSSR count). The van der Waals surface area contributed by atoms with Gasteiger partial charge in [-0.25, -0.2) is 13.1 Å². The Morgan fingerprint density at radius 2 is 1.77 bits per heavy atom. The summed E-state index contributed by atoms with van der Waals surface area (Å²) in [4.78, 5) is 12.9. The molecule has 0 bridgehead atoms. The number of ether oxygens (including phenoxy) is 5. The van der Waals surface area contributed by atoms with Gasteiger partial charge in [-0.15, -0.1) is 0 Å². The molecule has 0 spiro atoms. The van der Waals surface area contributed by atoms with Gasteiger partial charge < -0.3 is 33.3 Å². The zero-order chi connectivity index (χ0) is 25.7. The number of carbonyl (C=O) groups excluding carboxylic acids is 1. The molecular formula is C22H34NNaO10S. The summed E-state index contributed by atoms with van der Waals surface area (Å²) in [6.07, 6.45) is -6.60. The van der Waals surface area contributed by atoms with Crippen molar-refractivity contribution in [2.75, 3.05) is 20.8 Å².